The van der Waals surface area contributed by atoms with Gasteiger partial charge in [-0.05, 0) is 124 Å². The maximum absolute atomic E-state index is 16.0. The number of hydrogen-bond donors (Lipinski definition) is 16. The average molecular weight is 1840 g/mol. The van der Waals surface area contributed by atoms with Gasteiger partial charge >= 0.3 is 11.9 Å². The zero-order valence-corrected chi connectivity index (χ0v) is 76.9. The Morgan fingerprint density at radius 1 is 0.557 bits per heavy atom. The number of primary amides is 1. The monoisotopic (exact) mass is 1840 g/mol. The van der Waals surface area contributed by atoms with Gasteiger partial charge in [-0.3, -0.25) is 76.7 Å². The molecule has 0 aliphatic carbocycles. The van der Waals surface area contributed by atoms with Crippen molar-refractivity contribution in [3.05, 3.63) is 102 Å². The van der Waals surface area contributed by atoms with Crippen LogP contribution in [0.3, 0.4) is 0 Å². The summed E-state index contributed by atoms with van der Waals surface area (Å²) in [5.74, 6) is -19.1. The first-order valence-electron chi connectivity index (χ1n) is 44.8. The van der Waals surface area contributed by atoms with Crippen molar-refractivity contribution in [2.45, 2.75) is 255 Å². The number of aliphatic hydroxyl groups is 1. The van der Waals surface area contributed by atoms with Gasteiger partial charge in [0.05, 0.1) is 24.3 Å². The number of nitrogens with zero attached hydrogens (tertiary/aromatic N) is 6. The number of carbonyl (C=O) groups is 17. The fourth-order valence-corrected chi connectivity index (χ4v) is 17.8. The summed E-state index contributed by atoms with van der Waals surface area (Å²) in [6.45, 7) is 10.4. The van der Waals surface area contributed by atoms with E-state index in [1.54, 1.807) is 82.4 Å². The second kappa shape index (κ2) is 49.3. The molecule has 3 saturated heterocycles. The van der Waals surface area contributed by atoms with E-state index in [9.17, 15) is 68.4 Å². The maximum Gasteiger partial charge on any atom is 0.327 e. The molecule has 716 valence electrons. The van der Waals surface area contributed by atoms with Crippen LogP contribution in [0.4, 0.5) is 0 Å². The molecule has 3 aromatic carbocycles. The minimum Gasteiger partial charge on any atom is -0.508 e. The molecule has 3 fully saturated rings. The number of likely N-dealkylation sites (N-methyl/N-ethyl adjacent to an activating group) is 3. The Morgan fingerprint density at radius 2 is 1.13 bits per heavy atom. The Morgan fingerprint density at radius 3 is 1.77 bits per heavy atom. The van der Waals surface area contributed by atoms with E-state index < -0.39 is 235 Å². The fraction of sp³-hybridized carbons (Fsp3) is 0.571. The van der Waals surface area contributed by atoms with Gasteiger partial charge in [0.15, 0.2) is 5.78 Å². The number of carbonyl (C=O) groups excluding carboxylic acids is 15. The van der Waals surface area contributed by atoms with E-state index in [1.165, 1.54) is 68.0 Å². The van der Waals surface area contributed by atoms with Crippen molar-refractivity contribution >= 4 is 134 Å². The highest BCUT2D eigenvalue weighted by molar-refractivity contribution is 8.00. The Hall–Kier alpha value is -12.0. The number of aliphatic hydroxyl groups excluding tert-OH is 1. The molecule has 2 aromatic heterocycles. The van der Waals surface area contributed by atoms with Gasteiger partial charge in [-0.25, -0.2) is 4.79 Å². The van der Waals surface area contributed by atoms with Crippen LogP contribution < -0.4 is 59.7 Å². The molecule has 15 atom stereocenters. The number of phenolic OH excluding ortho intramolecular Hbond substituents is 1. The minimum atomic E-state index is -1.75. The summed E-state index contributed by atoms with van der Waals surface area (Å²) in [5.41, 5.74) is 20.5. The van der Waals surface area contributed by atoms with Gasteiger partial charge in [0, 0.05) is 112 Å². The number of amides is 14. The largest absolute Gasteiger partial charge is 0.508 e. The molecule has 40 heteroatoms. The second-order valence-electron chi connectivity index (χ2n) is 35.1. The Balaban J connectivity index is 1.20. The number of H-pyrrole nitrogens is 1. The number of aromatic hydroxyl groups is 1. The van der Waals surface area contributed by atoms with E-state index in [4.69, 9.17) is 17.2 Å². The molecule has 5 heterocycles. The number of fused-ring (bicyclic) bond motifs is 4. The van der Waals surface area contributed by atoms with Gasteiger partial charge in [-0.1, -0.05) is 116 Å². The first-order valence-corrected chi connectivity index (χ1v) is 46.0. The molecule has 131 heavy (non-hydrogen) atoms. The van der Waals surface area contributed by atoms with Crippen molar-refractivity contribution in [2.24, 2.45) is 35.0 Å². The summed E-state index contributed by atoms with van der Waals surface area (Å²) in [7, 11) is 3.95. The number of benzene rings is 3. The van der Waals surface area contributed by atoms with Crippen LogP contribution in [-0.4, -0.2) is 298 Å². The normalized spacial score (nSPS) is 25.4. The second-order valence-corrected chi connectivity index (χ2v) is 36.2. The number of hydrogen-bond acceptors (Lipinski definition) is 22. The van der Waals surface area contributed by atoms with E-state index in [2.05, 4.69) is 47.5 Å². The van der Waals surface area contributed by atoms with Crippen molar-refractivity contribution < 1.29 is 102 Å². The number of phenols is 1. The molecule has 3 aliphatic heterocycles. The Kier molecular flexibility index (Phi) is 39.2. The first-order chi connectivity index (χ1) is 62.2. The molecule has 8 rings (SSSR count). The molecule has 19 N–H and O–H groups in total. The van der Waals surface area contributed by atoms with E-state index in [0.29, 0.717) is 64.2 Å². The van der Waals surface area contributed by atoms with Crippen LogP contribution in [0.25, 0.3) is 21.8 Å². The average Bonchev–Trinajstić information content (AvgIpc) is 1.65. The lowest BCUT2D eigenvalue weighted by atomic mass is 9.89. The molecule has 3 aliphatic rings. The third-order valence-corrected chi connectivity index (χ3v) is 25.2. The molecule has 39 nitrogen and oxygen atoms in total. The van der Waals surface area contributed by atoms with Crippen LogP contribution in [0, 0.1) is 17.8 Å². The number of carboxylic acids is 2. The van der Waals surface area contributed by atoms with E-state index in [0.717, 1.165) is 31.4 Å². The minimum absolute atomic E-state index is 0.00150. The molecule has 14 amide bonds. The van der Waals surface area contributed by atoms with Gasteiger partial charge < -0.3 is 114 Å². The van der Waals surface area contributed by atoms with Crippen LogP contribution in [0.2, 0.25) is 0 Å². The predicted octanol–water partition coefficient (Wildman–Crippen LogP) is 0.725. The van der Waals surface area contributed by atoms with Crippen LogP contribution in [0.1, 0.15) is 161 Å². The number of ketones is 1. The van der Waals surface area contributed by atoms with Crippen molar-refractivity contribution in [3.8, 4) is 5.75 Å². The Bertz CT molecular complexity index is 4910. The summed E-state index contributed by atoms with van der Waals surface area (Å²) in [4.78, 5) is 257. The lowest BCUT2D eigenvalue weighted by Crippen LogP contribution is -2.61. The molecule has 0 unspecified atom stereocenters. The number of nitrogens with one attached hydrogen (secondary N) is 9. The summed E-state index contributed by atoms with van der Waals surface area (Å²) in [6, 6.07) is -0.00610. The predicted molar refractivity (Wildman–Crippen MR) is 486 cm³/mol. The number of thioether (sulfide) groups is 1. The van der Waals surface area contributed by atoms with Gasteiger partial charge in [0.2, 0.25) is 82.7 Å². The van der Waals surface area contributed by atoms with Crippen molar-refractivity contribution in [2.75, 3.05) is 58.8 Å². The molecule has 0 radical (unpaired) electrons. The number of Topliss-reactive ketones (excluding diaryl/α,β-unsaturated/α-hetero) is 1. The number of aromatic nitrogens is 2. The first kappa shape index (κ1) is 104. The number of unbranched alkanes of at least 4 members (excludes halogenated alkanes) is 2. The van der Waals surface area contributed by atoms with Crippen LogP contribution >= 0.6 is 11.8 Å². The van der Waals surface area contributed by atoms with Crippen molar-refractivity contribution in [1.82, 2.24) is 76.6 Å². The van der Waals surface area contributed by atoms with Crippen LogP contribution in [0.15, 0.2) is 85.2 Å². The molecule has 5 aromatic rings. The number of nitrogens with two attached hydrogens (primary N) is 3. The van der Waals surface area contributed by atoms with Crippen molar-refractivity contribution in [1.29, 1.82) is 0 Å². The quantitative estimate of drug-likeness (QED) is 0.0383. The third kappa shape index (κ3) is 28.7. The van der Waals surface area contributed by atoms with Crippen LogP contribution in [0.5, 0.6) is 5.75 Å². The molecule has 0 bridgehead atoms. The molecule has 0 saturated carbocycles. The highest BCUT2D eigenvalue weighted by Gasteiger charge is 2.47. The van der Waals surface area contributed by atoms with E-state index in [1.807, 2.05) is 13.8 Å². The summed E-state index contributed by atoms with van der Waals surface area (Å²) in [6.07, 6.45) is 1.16. The summed E-state index contributed by atoms with van der Waals surface area (Å²) < 4.78 is 1.46. The van der Waals surface area contributed by atoms with Gasteiger partial charge in [-0.2, -0.15) is 0 Å². The van der Waals surface area contributed by atoms with E-state index >= 15 is 33.6 Å². The van der Waals surface area contributed by atoms with Crippen LogP contribution in [-0.2, 0) is 107 Å². The number of para-hydroxylation sites is 2. The number of aliphatic carboxylic acids is 2. The Labute approximate surface area is 765 Å². The fourth-order valence-electron chi connectivity index (χ4n) is 16.9. The number of rotatable bonds is 25. The third-order valence-electron chi connectivity index (χ3n) is 24.2. The van der Waals surface area contributed by atoms with Gasteiger partial charge in [0.1, 0.15) is 84.8 Å². The molecular formula is C91H130N18O21S. The van der Waals surface area contributed by atoms with Gasteiger partial charge in [0.25, 0.3) is 0 Å². The topological polar surface area (TPSA) is 582 Å². The SMILES string of the molecule is CCCC[C@H]1C(=O)N(C)[C@@H](CCCC)C(=O)N[C@@H](CC(C)C)C(=O)N[C@H](C(=O)O)CSCC(=O)N[C@@H](Cc2ccc(O)cc2)C(=O)N(C)[C@@H](C)C(=O)N[C@@H](CC(N)=O)C(=O)N2CCC[C@H]2C(=O)N[C@@H](CN)C(=O)N[C@@H](CC(C)C)C(=O)N2C[C@H](O)C[C@H]2C(=O)C[C@@H](Cc2c[nH]c3ccccc23)C(=O)N[C@@H](CCCN)C(=O)N[C@@H](Cc2cn(CC(=O)O)c3ccccc23)C(=O)N1C. The zero-order valence-electron chi connectivity index (χ0n) is 76.1. The zero-order chi connectivity index (χ0) is 96.4. The summed E-state index contributed by atoms with van der Waals surface area (Å²) in [5, 5.41) is 65.0. The molecular weight excluding hydrogens is 1710 g/mol. The summed E-state index contributed by atoms with van der Waals surface area (Å²) >= 11 is 0.750. The molecule has 0 spiro atoms. The standard InChI is InChI=1S/C91H130N18O21S/c1-11-13-25-71-84(122)98-63(35-50(3)4)82(120)103-69(91(129)130)48-131-49-77(114)96-65(37-53-29-31-57(110)32-30-53)86(124)104(8)52(7)79(117)99-67(42-76(94)113)88(126)108-34-20-28-72(108)85(123)102-68(43-93)83(121)100-64(36-51(5)6)89(127)109-46-58(111)41-74(109)75(112)40-54(38-55-44-95-61-23-17-15-21-59(55)61)80(118)97-62(24-19-33-92)81(119)101-66(87(125)106(10)73(26-14-12-2)90(128)105(71)9)39-56-45-107(47-78(115)116)70-27-18-16-22-60(56)70/h15-18,21-23,27,29-32,44-45,50-52,54,58,62-69,71-74,95,110-111H,11-14,19-20,24-26,28,33-43,46-49,92-93H2,1-10H3,(H2,94,113)(H,96,114)(H,97,118)(H,98,122)(H,99,117)(H,100,121)(H,101,119)(H,102,123)(H,103,120)(H,115,116)(H,129,130)/t52-,54+,58+,62-,63-,64-,65-,66-,67-,68-,69-,71-,72-,73-,74-/m0/s1. The highest BCUT2D eigenvalue weighted by atomic mass is 32.2. The lowest BCUT2D eigenvalue weighted by molar-refractivity contribution is -0.149. The van der Waals surface area contributed by atoms with E-state index in [-0.39, 0.29) is 108 Å². The smallest absolute Gasteiger partial charge is 0.327 e. The van der Waals surface area contributed by atoms with Gasteiger partial charge in [-0.15, -0.1) is 11.8 Å². The number of aromatic amines is 1. The lowest BCUT2D eigenvalue weighted by Gasteiger charge is -2.36. The highest BCUT2D eigenvalue weighted by Crippen LogP contribution is 2.31. The van der Waals surface area contributed by atoms with Crippen molar-refractivity contribution in [3.63, 3.8) is 0 Å². The maximum atomic E-state index is 16.0. The number of carboxylic acid groups (broad SMARTS) is 2.